The van der Waals surface area contributed by atoms with Crippen LogP contribution in [0.5, 0.6) is 5.75 Å². The highest BCUT2D eigenvalue weighted by Crippen LogP contribution is 2.29. The topological polar surface area (TPSA) is 69.6 Å². The third-order valence-corrected chi connectivity index (χ3v) is 7.66. The standard InChI is InChI=1S/C37H38N2O4/c1-24-25(2)39(34-20-17-29(21-33(24)34)35(40)38-22-26-13-18-30(42-6)19-14-26)23-27-11-15-28(16-12-27)31-9-7-8-10-32(31)36(41)43-37(3,4)5/h7-21H,22-23H2,1-6H3,(H,38,40). The van der Waals surface area contributed by atoms with E-state index in [9.17, 15) is 9.59 Å². The number of rotatable bonds is 8. The molecule has 1 N–H and O–H groups in total. The van der Waals surface area contributed by atoms with Gasteiger partial charge in [0.2, 0.25) is 0 Å². The molecule has 0 fully saturated rings. The highest BCUT2D eigenvalue weighted by molar-refractivity contribution is 5.99. The molecule has 6 nitrogen and oxygen atoms in total. The molecular weight excluding hydrogens is 536 g/mol. The van der Waals surface area contributed by atoms with Gasteiger partial charge in [-0.15, -0.1) is 0 Å². The molecule has 1 amide bonds. The van der Waals surface area contributed by atoms with Crippen molar-refractivity contribution in [2.75, 3.05) is 7.11 Å². The van der Waals surface area contributed by atoms with Gasteiger partial charge in [-0.3, -0.25) is 4.79 Å². The molecule has 5 aromatic rings. The van der Waals surface area contributed by atoms with E-state index in [0.717, 1.165) is 50.2 Å². The Hall–Kier alpha value is -4.84. The second-order valence-electron chi connectivity index (χ2n) is 11.8. The summed E-state index contributed by atoms with van der Waals surface area (Å²) in [5, 5.41) is 4.09. The normalized spacial score (nSPS) is 11.4. The molecule has 1 heterocycles. The first-order valence-electron chi connectivity index (χ1n) is 14.5. The first kappa shape index (κ1) is 29.6. The van der Waals surface area contributed by atoms with Crippen molar-refractivity contribution in [2.45, 2.75) is 53.3 Å². The number of nitrogens with one attached hydrogen (secondary N) is 1. The van der Waals surface area contributed by atoms with Crippen LogP contribution < -0.4 is 10.1 Å². The lowest BCUT2D eigenvalue weighted by Crippen LogP contribution is -2.24. The molecule has 0 saturated carbocycles. The molecule has 4 aromatic carbocycles. The fourth-order valence-electron chi connectivity index (χ4n) is 5.24. The van der Waals surface area contributed by atoms with E-state index < -0.39 is 5.60 Å². The molecule has 6 heteroatoms. The van der Waals surface area contributed by atoms with Gasteiger partial charge >= 0.3 is 5.97 Å². The van der Waals surface area contributed by atoms with Crippen molar-refractivity contribution in [3.05, 3.63) is 125 Å². The number of aryl methyl sites for hydroxylation is 1. The second-order valence-corrected chi connectivity index (χ2v) is 11.8. The van der Waals surface area contributed by atoms with Crippen molar-refractivity contribution in [3.63, 3.8) is 0 Å². The fraction of sp³-hybridized carbons (Fsp3) is 0.243. The number of aromatic nitrogens is 1. The van der Waals surface area contributed by atoms with E-state index in [1.54, 1.807) is 7.11 Å². The van der Waals surface area contributed by atoms with Crippen LogP contribution in [0.4, 0.5) is 0 Å². The molecule has 0 aliphatic heterocycles. The molecule has 0 spiro atoms. The van der Waals surface area contributed by atoms with Gasteiger partial charge in [0.15, 0.2) is 0 Å². The lowest BCUT2D eigenvalue weighted by atomic mass is 9.98. The summed E-state index contributed by atoms with van der Waals surface area (Å²) in [4.78, 5) is 25.9. The average molecular weight is 575 g/mol. The fourth-order valence-corrected chi connectivity index (χ4v) is 5.24. The molecule has 0 saturated heterocycles. The summed E-state index contributed by atoms with van der Waals surface area (Å²) in [5.41, 5.74) is 7.97. The molecule has 0 unspecified atom stereocenters. The Balaban J connectivity index is 1.34. The highest BCUT2D eigenvalue weighted by atomic mass is 16.6. The predicted octanol–water partition coefficient (Wildman–Crippen LogP) is 7.87. The summed E-state index contributed by atoms with van der Waals surface area (Å²) in [6.45, 7) is 11.0. The van der Waals surface area contributed by atoms with Crippen molar-refractivity contribution in [1.29, 1.82) is 0 Å². The summed E-state index contributed by atoms with van der Waals surface area (Å²) >= 11 is 0. The van der Waals surface area contributed by atoms with E-state index in [4.69, 9.17) is 9.47 Å². The molecule has 43 heavy (non-hydrogen) atoms. The van der Waals surface area contributed by atoms with E-state index in [1.807, 2.05) is 87.5 Å². The number of carbonyl (C=O) groups excluding carboxylic acids is 2. The molecule has 1 aromatic heterocycles. The smallest absolute Gasteiger partial charge is 0.339 e. The lowest BCUT2D eigenvalue weighted by molar-refractivity contribution is 0.00703. The molecule has 220 valence electrons. The first-order valence-corrected chi connectivity index (χ1v) is 14.5. The summed E-state index contributed by atoms with van der Waals surface area (Å²) < 4.78 is 13.1. The minimum absolute atomic E-state index is 0.107. The summed E-state index contributed by atoms with van der Waals surface area (Å²) in [6, 6.07) is 29.4. The van der Waals surface area contributed by atoms with Crippen LogP contribution in [-0.2, 0) is 17.8 Å². The molecule has 0 radical (unpaired) electrons. The van der Waals surface area contributed by atoms with Crippen molar-refractivity contribution in [3.8, 4) is 16.9 Å². The summed E-state index contributed by atoms with van der Waals surface area (Å²) in [6.07, 6.45) is 0. The highest BCUT2D eigenvalue weighted by Gasteiger charge is 2.21. The largest absolute Gasteiger partial charge is 0.497 e. The van der Waals surface area contributed by atoms with Gasteiger partial charge in [0.1, 0.15) is 11.4 Å². The third-order valence-electron chi connectivity index (χ3n) is 7.66. The molecule has 0 aliphatic rings. The zero-order valence-electron chi connectivity index (χ0n) is 25.7. The number of esters is 1. The number of carbonyl (C=O) groups is 2. The van der Waals surface area contributed by atoms with Crippen molar-refractivity contribution >= 4 is 22.8 Å². The van der Waals surface area contributed by atoms with E-state index in [0.29, 0.717) is 24.2 Å². The van der Waals surface area contributed by atoms with E-state index in [-0.39, 0.29) is 11.9 Å². The third kappa shape index (κ3) is 6.64. The van der Waals surface area contributed by atoms with Crippen molar-refractivity contribution in [2.24, 2.45) is 0 Å². The van der Waals surface area contributed by atoms with Gasteiger partial charge in [0, 0.05) is 35.2 Å². The zero-order chi connectivity index (χ0) is 30.7. The van der Waals surface area contributed by atoms with Crippen LogP contribution in [0.25, 0.3) is 22.0 Å². The van der Waals surface area contributed by atoms with Crippen LogP contribution in [0.3, 0.4) is 0 Å². The van der Waals surface area contributed by atoms with Gasteiger partial charge in [0.25, 0.3) is 5.91 Å². The van der Waals surface area contributed by atoms with Crippen LogP contribution in [0.2, 0.25) is 0 Å². The molecule has 0 bridgehead atoms. The number of nitrogens with zero attached hydrogens (tertiary/aromatic N) is 1. The van der Waals surface area contributed by atoms with Crippen molar-refractivity contribution in [1.82, 2.24) is 9.88 Å². The maximum Gasteiger partial charge on any atom is 0.339 e. The quantitative estimate of drug-likeness (QED) is 0.192. The SMILES string of the molecule is COc1ccc(CNC(=O)c2ccc3c(c2)c(C)c(C)n3Cc2ccc(-c3ccccc3C(=O)OC(C)(C)C)cc2)cc1. The maximum atomic E-state index is 13.0. The second kappa shape index (κ2) is 12.2. The van der Waals surface area contributed by atoms with Crippen LogP contribution in [0.1, 0.15) is 63.9 Å². The molecule has 0 aliphatic carbocycles. The molecule has 0 atom stereocenters. The van der Waals surface area contributed by atoms with Crippen LogP contribution in [-0.4, -0.2) is 29.2 Å². The first-order chi connectivity index (χ1) is 20.5. The minimum atomic E-state index is -0.564. The summed E-state index contributed by atoms with van der Waals surface area (Å²) in [5.74, 6) is 0.353. The van der Waals surface area contributed by atoms with Crippen LogP contribution in [0, 0.1) is 13.8 Å². The minimum Gasteiger partial charge on any atom is -0.497 e. The Kier molecular flexibility index (Phi) is 8.40. The number of amides is 1. The number of methoxy groups -OCH3 is 1. The van der Waals surface area contributed by atoms with E-state index in [2.05, 4.69) is 48.0 Å². The van der Waals surface area contributed by atoms with Crippen LogP contribution >= 0.6 is 0 Å². The summed E-state index contributed by atoms with van der Waals surface area (Å²) in [7, 11) is 1.63. The maximum absolute atomic E-state index is 13.0. The van der Waals surface area contributed by atoms with Gasteiger partial charge in [0.05, 0.1) is 12.7 Å². The average Bonchev–Trinajstić information content (AvgIpc) is 3.23. The number of ether oxygens (including phenoxy) is 2. The monoisotopic (exact) mass is 574 g/mol. The Bertz CT molecular complexity index is 1780. The Morgan fingerprint density at radius 2 is 1.51 bits per heavy atom. The predicted molar refractivity (Wildman–Crippen MR) is 172 cm³/mol. The Morgan fingerprint density at radius 3 is 2.19 bits per heavy atom. The lowest BCUT2D eigenvalue weighted by Gasteiger charge is -2.20. The van der Waals surface area contributed by atoms with Gasteiger partial charge in [-0.05, 0) is 98.8 Å². The van der Waals surface area contributed by atoms with Gasteiger partial charge in [-0.1, -0.05) is 54.6 Å². The van der Waals surface area contributed by atoms with Gasteiger partial charge in [-0.2, -0.15) is 0 Å². The molecular formula is C37H38N2O4. The van der Waals surface area contributed by atoms with Crippen LogP contribution in [0.15, 0.2) is 91.0 Å². The number of hydrogen-bond donors (Lipinski definition) is 1. The Labute approximate surface area is 253 Å². The van der Waals surface area contributed by atoms with Gasteiger partial charge in [-0.25, -0.2) is 4.79 Å². The Morgan fingerprint density at radius 1 is 0.837 bits per heavy atom. The van der Waals surface area contributed by atoms with E-state index in [1.165, 1.54) is 0 Å². The van der Waals surface area contributed by atoms with E-state index >= 15 is 0 Å². The number of fused-ring (bicyclic) bond motifs is 1. The van der Waals surface area contributed by atoms with Gasteiger partial charge < -0.3 is 19.4 Å². The number of hydrogen-bond acceptors (Lipinski definition) is 4. The molecule has 5 rings (SSSR count). The number of benzene rings is 4. The zero-order valence-corrected chi connectivity index (χ0v) is 25.7. The van der Waals surface area contributed by atoms with Crippen molar-refractivity contribution < 1.29 is 19.1 Å².